The first-order valence-electron chi connectivity index (χ1n) is 26.2. The highest BCUT2D eigenvalue weighted by Crippen LogP contribution is 2.36. The highest BCUT2D eigenvalue weighted by Gasteiger charge is 2.33. The lowest BCUT2D eigenvalue weighted by atomic mass is 9.74. The fraction of sp³-hybridized carbons (Fsp3) is 0.156. The molecule has 0 bridgehead atoms. The number of fused-ring (bicyclic) bond motifs is 3. The molecule has 3 aromatic carbocycles. The van der Waals surface area contributed by atoms with Gasteiger partial charge in [-0.3, -0.25) is 28.2 Å². The molecule has 0 saturated heterocycles. The van der Waals surface area contributed by atoms with Crippen molar-refractivity contribution in [2.75, 3.05) is 13.1 Å². The Morgan fingerprint density at radius 2 is 0.688 bits per heavy atom. The molecule has 380 valence electrons. The molecule has 0 aliphatic rings. The van der Waals surface area contributed by atoms with E-state index in [9.17, 15) is 0 Å². The van der Waals surface area contributed by atoms with Gasteiger partial charge in [0.05, 0.1) is 35.7 Å². The number of hydrogen-bond acceptors (Lipinski definition) is 10. The van der Waals surface area contributed by atoms with Gasteiger partial charge >= 0.3 is 0 Å². The van der Waals surface area contributed by atoms with E-state index in [1.807, 2.05) is 37.2 Å². The third kappa shape index (κ3) is 10.2. The van der Waals surface area contributed by atoms with Gasteiger partial charge in [0.2, 0.25) is 0 Å². The standard InChI is InChI=1S/C64H59N13/c1-2-68-42-64(33-55-27-49(15-21-69-55)52-18-24-75-58(39-72-61(75)30-52)46-9-3-43(36-65)4-10-46,34-56-28-50(16-22-70-56)53-19-25-76-59(40-73-62(76)31-53)47-11-5-44(37-66)6-12-47)35-57-29-51(17-23-71-57)54-20-26-77-60(41-74-63(77)32-54)48-13-7-45(38-67)8-14-48/h3-32,39-41,68H,2,33-38,42,65-67H2,1H3. The number of nitrogens with zero attached hydrogens (tertiary/aromatic N) is 9. The third-order valence-corrected chi connectivity index (χ3v) is 14.9. The molecule has 0 atom stereocenters. The first-order chi connectivity index (χ1) is 37.8. The Labute approximate surface area is 447 Å². The molecule has 13 heteroatoms. The molecule has 0 amide bonds. The van der Waals surface area contributed by atoms with Gasteiger partial charge in [-0.15, -0.1) is 0 Å². The number of nitrogens with one attached hydrogen (secondary N) is 1. The van der Waals surface area contributed by atoms with Crippen molar-refractivity contribution in [3.8, 4) is 67.2 Å². The van der Waals surface area contributed by atoms with Gasteiger partial charge in [0, 0.05) is 97.1 Å². The first-order valence-corrected chi connectivity index (χ1v) is 26.2. The van der Waals surface area contributed by atoms with Crippen LogP contribution in [0.1, 0.15) is 40.7 Å². The van der Waals surface area contributed by atoms with Crippen LogP contribution in [0.3, 0.4) is 0 Å². The summed E-state index contributed by atoms with van der Waals surface area (Å²) >= 11 is 0. The molecule has 7 N–H and O–H groups in total. The zero-order valence-electron chi connectivity index (χ0n) is 43.0. The van der Waals surface area contributed by atoms with E-state index in [2.05, 4.69) is 190 Å². The average Bonchev–Trinajstić information content (AvgIpc) is 4.25. The molecule has 0 aliphatic heterocycles. The van der Waals surface area contributed by atoms with Crippen LogP contribution in [0.5, 0.6) is 0 Å². The molecule has 0 fully saturated rings. The summed E-state index contributed by atoms with van der Waals surface area (Å²) in [6, 6.07) is 50.9. The number of aromatic nitrogens is 9. The van der Waals surface area contributed by atoms with Crippen LogP contribution in [0.2, 0.25) is 0 Å². The minimum Gasteiger partial charge on any atom is -0.326 e. The lowest BCUT2D eigenvalue weighted by Crippen LogP contribution is -2.40. The topological polar surface area (TPSA) is 181 Å². The molecule has 0 unspecified atom stereocenters. The zero-order valence-corrected chi connectivity index (χ0v) is 43.0. The summed E-state index contributed by atoms with van der Waals surface area (Å²) in [6.45, 7) is 5.18. The Balaban J connectivity index is 0.886. The molecule has 13 nitrogen and oxygen atoms in total. The van der Waals surface area contributed by atoms with E-state index in [0.29, 0.717) is 45.4 Å². The summed E-state index contributed by atoms with van der Waals surface area (Å²) in [5.74, 6) is 0. The van der Waals surface area contributed by atoms with Crippen LogP contribution in [0, 0.1) is 5.41 Å². The fourth-order valence-electron chi connectivity index (χ4n) is 10.7. The summed E-state index contributed by atoms with van der Waals surface area (Å²) in [6.07, 6.45) is 19.9. The van der Waals surface area contributed by atoms with Gasteiger partial charge in [-0.1, -0.05) is 79.7 Å². The number of imidazole rings is 3. The Hall–Kier alpha value is -8.98. The monoisotopic (exact) mass is 1010 g/mol. The Bertz CT molecular complexity index is 3610. The molecule has 12 aromatic rings. The largest absolute Gasteiger partial charge is 0.326 e. The van der Waals surface area contributed by atoms with Gasteiger partial charge in [-0.2, -0.15) is 0 Å². The van der Waals surface area contributed by atoms with Crippen molar-refractivity contribution in [3.63, 3.8) is 0 Å². The number of benzene rings is 3. The predicted molar refractivity (Wildman–Crippen MR) is 307 cm³/mol. The average molecular weight is 1010 g/mol. The number of hydrogen-bond donors (Lipinski definition) is 4. The molecular formula is C64H59N13. The van der Waals surface area contributed by atoms with Crippen molar-refractivity contribution in [1.82, 2.24) is 48.4 Å². The van der Waals surface area contributed by atoms with Crippen LogP contribution in [0.15, 0.2) is 201 Å². The van der Waals surface area contributed by atoms with Gasteiger partial charge < -0.3 is 22.5 Å². The van der Waals surface area contributed by atoms with E-state index < -0.39 is 5.41 Å². The van der Waals surface area contributed by atoms with E-state index >= 15 is 0 Å². The maximum absolute atomic E-state index is 5.89. The van der Waals surface area contributed by atoms with E-state index in [1.165, 1.54) is 0 Å². The van der Waals surface area contributed by atoms with Crippen LogP contribution >= 0.6 is 0 Å². The second-order valence-corrected chi connectivity index (χ2v) is 20.0. The Morgan fingerprint density at radius 1 is 0.377 bits per heavy atom. The molecule has 0 saturated carbocycles. The highest BCUT2D eigenvalue weighted by molar-refractivity contribution is 5.74. The smallest absolute Gasteiger partial charge is 0.137 e. The lowest BCUT2D eigenvalue weighted by Gasteiger charge is -2.34. The van der Waals surface area contributed by atoms with Gasteiger partial charge in [-0.25, -0.2) is 15.0 Å². The maximum atomic E-state index is 5.89. The van der Waals surface area contributed by atoms with Crippen molar-refractivity contribution in [2.24, 2.45) is 22.6 Å². The summed E-state index contributed by atoms with van der Waals surface area (Å²) in [7, 11) is 0. The SMILES string of the molecule is CCNCC(Cc1cc(-c2ccn3c(-c4ccc(CN)cc4)cnc3c2)ccn1)(Cc1cc(-c2ccn3c(-c4ccc(CN)cc4)cnc3c2)ccn1)Cc1cc(-c2ccn3c(-c4ccc(CN)cc4)cnc3c2)ccn1. The van der Waals surface area contributed by atoms with E-state index in [1.54, 1.807) is 0 Å². The minimum absolute atomic E-state index is 0.414. The molecule has 0 radical (unpaired) electrons. The molecular weight excluding hydrogens is 951 g/mol. The van der Waals surface area contributed by atoms with Crippen LogP contribution in [-0.2, 0) is 38.9 Å². The third-order valence-electron chi connectivity index (χ3n) is 14.9. The molecule has 9 aromatic heterocycles. The Kier molecular flexibility index (Phi) is 13.6. The molecule has 0 spiro atoms. The predicted octanol–water partition coefficient (Wildman–Crippen LogP) is 10.8. The van der Waals surface area contributed by atoms with Crippen molar-refractivity contribution in [3.05, 3.63) is 235 Å². The van der Waals surface area contributed by atoms with Crippen molar-refractivity contribution >= 4 is 16.9 Å². The summed E-state index contributed by atoms with van der Waals surface area (Å²) < 4.78 is 6.40. The molecule has 0 aliphatic carbocycles. The van der Waals surface area contributed by atoms with E-state index in [4.69, 9.17) is 47.1 Å². The van der Waals surface area contributed by atoms with E-state index in [-0.39, 0.29) is 0 Å². The normalized spacial score (nSPS) is 11.8. The van der Waals surface area contributed by atoms with Gasteiger partial charge in [0.25, 0.3) is 0 Å². The summed E-state index contributed by atoms with van der Waals surface area (Å²) in [5.41, 5.74) is 38.8. The molecule has 77 heavy (non-hydrogen) atoms. The zero-order chi connectivity index (χ0) is 52.3. The minimum atomic E-state index is -0.414. The number of rotatable bonds is 18. The van der Waals surface area contributed by atoms with Crippen LogP contribution in [0.4, 0.5) is 0 Å². The second-order valence-electron chi connectivity index (χ2n) is 20.0. The maximum Gasteiger partial charge on any atom is 0.137 e. The number of nitrogens with two attached hydrogens (primary N) is 3. The van der Waals surface area contributed by atoms with Gasteiger partial charge in [-0.05, 0) is 154 Å². The first kappa shape index (κ1) is 48.9. The highest BCUT2D eigenvalue weighted by atomic mass is 15.0. The molecule has 12 rings (SSSR count). The van der Waals surface area contributed by atoms with Crippen LogP contribution < -0.4 is 22.5 Å². The van der Waals surface area contributed by atoms with Crippen LogP contribution in [-0.4, -0.2) is 56.2 Å². The second kappa shape index (κ2) is 21.3. The Morgan fingerprint density at radius 3 is 0.987 bits per heavy atom. The van der Waals surface area contributed by atoms with Crippen molar-refractivity contribution < 1.29 is 0 Å². The van der Waals surface area contributed by atoms with Crippen molar-refractivity contribution in [2.45, 2.75) is 45.8 Å². The van der Waals surface area contributed by atoms with E-state index in [0.717, 1.165) is 124 Å². The van der Waals surface area contributed by atoms with Crippen LogP contribution in [0.25, 0.3) is 84.1 Å². The summed E-state index contributed by atoms with van der Waals surface area (Å²) in [5, 5.41) is 3.78. The van der Waals surface area contributed by atoms with Gasteiger partial charge in [0.15, 0.2) is 0 Å². The summed E-state index contributed by atoms with van der Waals surface area (Å²) in [4.78, 5) is 29.8. The molecule has 9 heterocycles. The van der Waals surface area contributed by atoms with Gasteiger partial charge in [0.1, 0.15) is 16.9 Å². The lowest BCUT2D eigenvalue weighted by molar-refractivity contribution is 0.258. The fourth-order valence-corrected chi connectivity index (χ4v) is 10.7. The quantitative estimate of drug-likeness (QED) is 0.0646. The number of pyridine rings is 6. The van der Waals surface area contributed by atoms with Crippen molar-refractivity contribution in [1.29, 1.82) is 0 Å².